The number of rotatable bonds is 9. The van der Waals surface area contributed by atoms with Crippen molar-refractivity contribution >= 4 is 33.7 Å². The van der Waals surface area contributed by atoms with E-state index in [9.17, 15) is 14.4 Å². The second-order valence-corrected chi connectivity index (χ2v) is 7.56. The van der Waals surface area contributed by atoms with Gasteiger partial charge in [0.25, 0.3) is 11.8 Å². The summed E-state index contributed by atoms with van der Waals surface area (Å²) in [6, 6.07) is 8.67. The standard InChI is InChI=1S/C21H22BrN3O4/c1-2-11-29-19-14(5-3-9-23-19)13-24-18(26)6-4-10-25-20(27)16-8-7-15(22)12-17(16)21(25)28/h3,5,7-9,12H,2,4,6,10-11,13H2,1H3,(H,24,26). The van der Waals surface area contributed by atoms with Crippen LogP contribution in [0.3, 0.4) is 0 Å². The molecule has 0 radical (unpaired) electrons. The molecule has 2 aromatic rings. The van der Waals surface area contributed by atoms with Crippen molar-refractivity contribution in [2.75, 3.05) is 13.2 Å². The number of amides is 3. The van der Waals surface area contributed by atoms with Gasteiger partial charge < -0.3 is 10.1 Å². The molecule has 1 aliphatic heterocycles. The lowest BCUT2D eigenvalue weighted by molar-refractivity contribution is -0.121. The molecule has 1 aromatic carbocycles. The van der Waals surface area contributed by atoms with Crippen LogP contribution in [0.1, 0.15) is 52.5 Å². The predicted molar refractivity (Wildman–Crippen MR) is 111 cm³/mol. The van der Waals surface area contributed by atoms with Crippen LogP contribution in [0.2, 0.25) is 0 Å². The first-order valence-electron chi connectivity index (χ1n) is 9.50. The number of carbonyl (C=O) groups excluding carboxylic acids is 3. The third-order valence-corrected chi connectivity index (χ3v) is 4.98. The molecule has 0 saturated heterocycles. The second kappa shape index (κ2) is 9.65. The maximum atomic E-state index is 12.4. The Balaban J connectivity index is 1.48. The van der Waals surface area contributed by atoms with Crippen LogP contribution in [0.25, 0.3) is 0 Å². The minimum absolute atomic E-state index is 0.158. The molecule has 29 heavy (non-hydrogen) atoms. The van der Waals surface area contributed by atoms with E-state index in [0.717, 1.165) is 16.5 Å². The minimum atomic E-state index is -0.320. The van der Waals surface area contributed by atoms with E-state index in [2.05, 4.69) is 26.2 Å². The SMILES string of the molecule is CCCOc1ncccc1CNC(=O)CCCN1C(=O)c2ccc(Br)cc2C1=O. The Kier molecular flexibility index (Phi) is 6.98. The Bertz CT molecular complexity index is 932. The van der Waals surface area contributed by atoms with Gasteiger partial charge in [-0.25, -0.2) is 4.98 Å². The highest BCUT2D eigenvalue weighted by Gasteiger charge is 2.35. The van der Waals surface area contributed by atoms with Crippen LogP contribution in [0.15, 0.2) is 41.0 Å². The summed E-state index contributed by atoms with van der Waals surface area (Å²) in [5.41, 5.74) is 1.60. The molecule has 0 spiro atoms. The van der Waals surface area contributed by atoms with Crippen molar-refractivity contribution in [2.24, 2.45) is 0 Å². The van der Waals surface area contributed by atoms with Gasteiger partial charge in [0.2, 0.25) is 11.8 Å². The van der Waals surface area contributed by atoms with Gasteiger partial charge in [0.1, 0.15) is 0 Å². The van der Waals surface area contributed by atoms with Crippen LogP contribution in [-0.4, -0.2) is 40.8 Å². The Morgan fingerprint density at radius 2 is 2.00 bits per heavy atom. The number of fused-ring (bicyclic) bond motifs is 1. The lowest BCUT2D eigenvalue weighted by Gasteiger charge is -2.14. The predicted octanol–water partition coefficient (Wildman–Crippen LogP) is 3.33. The van der Waals surface area contributed by atoms with Gasteiger partial charge in [-0.05, 0) is 37.1 Å². The number of benzene rings is 1. The van der Waals surface area contributed by atoms with Crippen molar-refractivity contribution in [3.8, 4) is 5.88 Å². The number of halogens is 1. The van der Waals surface area contributed by atoms with Gasteiger partial charge in [-0.1, -0.05) is 28.9 Å². The molecule has 7 nitrogen and oxygen atoms in total. The summed E-state index contributed by atoms with van der Waals surface area (Å²) in [4.78, 5) is 42.4. The number of pyridine rings is 1. The zero-order valence-corrected chi connectivity index (χ0v) is 17.7. The van der Waals surface area contributed by atoms with Gasteiger partial charge >= 0.3 is 0 Å². The van der Waals surface area contributed by atoms with Gasteiger partial charge in [0.15, 0.2) is 0 Å². The number of nitrogens with one attached hydrogen (secondary N) is 1. The molecule has 0 fully saturated rings. The fourth-order valence-corrected chi connectivity index (χ4v) is 3.39. The highest BCUT2D eigenvalue weighted by Crippen LogP contribution is 2.26. The number of nitrogens with zero attached hydrogens (tertiary/aromatic N) is 2. The van der Waals surface area contributed by atoms with Crippen LogP contribution in [-0.2, 0) is 11.3 Å². The van der Waals surface area contributed by atoms with E-state index in [1.165, 1.54) is 4.90 Å². The smallest absolute Gasteiger partial charge is 0.261 e. The molecule has 0 bridgehead atoms. The Morgan fingerprint density at radius 1 is 1.21 bits per heavy atom. The highest BCUT2D eigenvalue weighted by molar-refractivity contribution is 9.10. The van der Waals surface area contributed by atoms with E-state index in [1.54, 1.807) is 30.5 Å². The maximum Gasteiger partial charge on any atom is 0.261 e. The first-order chi connectivity index (χ1) is 14.0. The van der Waals surface area contributed by atoms with E-state index < -0.39 is 0 Å². The zero-order valence-electron chi connectivity index (χ0n) is 16.1. The Labute approximate surface area is 177 Å². The third kappa shape index (κ3) is 5.00. The lowest BCUT2D eigenvalue weighted by atomic mass is 10.1. The average Bonchev–Trinajstić information content (AvgIpc) is 2.95. The van der Waals surface area contributed by atoms with E-state index in [0.29, 0.717) is 36.6 Å². The summed E-state index contributed by atoms with van der Waals surface area (Å²) >= 11 is 3.31. The average molecular weight is 460 g/mol. The van der Waals surface area contributed by atoms with E-state index in [-0.39, 0.29) is 30.7 Å². The number of carbonyl (C=O) groups is 3. The number of hydrogen-bond donors (Lipinski definition) is 1. The molecular formula is C21H22BrN3O4. The molecule has 1 aromatic heterocycles. The molecule has 1 N–H and O–H groups in total. The van der Waals surface area contributed by atoms with Crippen molar-refractivity contribution in [2.45, 2.75) is 32.7 Å². The van der Waals surface area contributed by atoms with Gasteiger partial charge in [-0.2, -0.15) is 0 Å². The van der Waals surface area contributed by atoms with Crippen molar-refractivity contribution in [3.05, 3.63) is 57.7 Å². The molecule has 3 amide bonds. The first kappa shape index (κ1) is 21.0. The van der Waals surface area contributed by atoms with E-state index in [1.807, 2.05) is 13.0 Å². The van der Waals surface area contributed by atoms with Crippen LogP contribution in [0, 0.1) is 0 Å². The molecule has 152 valence electrons. The first-order valence-corrected chi connectivity index (χ1v) is 10.3. The number of aromatic nitrogens is 1. The Morgan fingerprint density at radius 3 is 2.79 bits per heavy atom. The molecule has 0 aliphatic carbocycles. The molecule has 8 heteroatoms. The lowest BCUT2D eigenvalue weighted by Crippen LogP contribution is -2.32. The summed E-state index contributed by atoms with van der Waals surface area (Å²) in [5.74, 6) is -0.271. The summed E-state index contributed by atoms with van der Waals surface area (Å²) in [6.07, 6.45) is 3.13. The number of imide groups is 1. The monoisotopic (exact) mass is 459 g/mol. The van der Waals surface area contributed by atoms with Crippen molar-refractivity contribution in [3.63, 3.8) is 0 Å². The van der Waals surface area contributed by atoms with Gasteiger partial charge in [0.05, 0.1) is 17.7 Å². The molecular weight excluding hydrogens is 438 g/mol. The van der Waals surface area contributed by atoms with E-state index in [4.69, 9.17) is 4.74 Å². The summed E-state index contributed by atoms with van der Waals surface area (Å²) in [6.45, 7) is 3.09. The topological polar surface area (TPSA) is 88.6 Å². The molecule has 0 saturated carbocycles. The fraction of sp³-hybridized carbons (Fsp3) is 0.333. The normalized spacial score (nSPS) is 12.8. The number of ether oxygens (including phenoxy) is 1. The van der Waals surface area contributed by atoms with Crippen LogP contribution < -0.4 is 10.1 Å². The van der Waals surface area contributed by atoms with Gasteiger partial charge in [-0.15, -0.1) is 0 Å². The summed E-state index contributed by atoms with van der Waals surface area (Å²) < 4.78 is 6.33. The van der Waals surface area contributed by atoms with Crippen molar-refractivity contribution < 1.29 is 19.1 Å². The largest absolute Gasteiger partial charge is 0.477 e. The summed E-state index contributed by atoms with van der Waals surface area (Å²) in [5, 5.41) is 2.83. The molecule has 0 atom stereocenters. The van der Waals surface area contributed by atoms with Crippen LogP contribution >= 0.6 is 15.9 Å². The van der Waals surface area contributed by atoms with Crippen LogP contribution in [0.5, 0.6) is 5.88 Å². The molecule has 1 aliphatic rings. The van der Waals surface area contributed by atoms with Gasteiger partial charge in [-0.3, -0.25) is 19.3 Å². The highest BCUT2D eigenvalue weighted by atomic mass is 79.9. The van der Waals surface area contributed by atoms with Crippen LogP contribution in [0.4, 0.5) is 0 Å². The third-order valence-electron chi connectivity index (χ3n) is 4.49. The minimum Gasteiger partial charge on any atom is -0.477 e. The maximum absolute atomic E-state index is 12.4. The molecule has 0 unspecified atom stereocenters. The zero-order chi connectivity index (χ0) is 20.8. The molecule has 2 heterocycles. The number of hydrogen-bond acceptors (Lipinski definition) is 5. The molecule has 3 rings (SSSR count). The second-order valence-electron chi connectivity index (χ2n) is 6.65. The van der Waals surface area contributed by atoms with E-state index >= 15 is 0 Å². The quantitative estimate of drug-likeness (QED) is 0.580. The van der Waals surface area contributed by atoms with Crippen molar-refractivity contribution in [1.29, 1.82) is 0 Å². The Hall–Kier alpha value is -2.74. The fourth-order valence-electron chi connectivity index (χ4n) is 3.03. The van der Waals surface area contributed by atoms with Crippen molar-refractivity contribution in [1.82, 2.24) is 15.2 Å². The summed E-state index contributed by atoms with van der Waals surface area (Å²) in [7, 11) is 0. The van der Waals surface area contributed by atoms with Gasteiger partial charge in [0, 0.05) is 35.7 Å².